The molecule has 20 heavy (non-hydrogen) atoms. The number of carboxylic acid groups (broad SMARTS) is 1. The van der Waals surface area contributed by atoms with Gasteiger partial charge in [-0.05, 0) is 37.8 Å². The number of benzene rings is 1. The number of hydrogen-bond acceptors (Lipinski definition) is 2. The zero-order valence-electron chi connectivity index (χ0n) is 11.0. The van der Waals surface area contributed by atoms with Crippen LogP contribution in [-0.4, -0.2) is 23.5 Å². The first kappa shape index (κ1) is 13.1. The Kier molecular flexibility index (Phi) is 3.20. The summed E-state index contributed by atoms with van der Waals surface area (Å²) in [6.07, 6.45) is 2.09. The maximum Gasteiger partial charge on any atom is 0.306 e. The fourth-order valence-electron chi connectivity index (χ4n) is 3.27. The molecule has 0 unspecified atom stereocenters. The van der Waals surface area contributed by atoms with Gasteiger partial charge in [-0.1, -0.05) is 6.07 Å². The molecular weight excluding hydrogens is 261 g/mol. The summed E-state index contributed by atoms with van der Waals surface area (Å²) in [7, 11) is 0. The van der Waals surface area contributed by atoms with Crippen LogP contribution < -0.4 is 4.90 Å². The minimum atomic E-state index is -0.826. The number of aliphatic carboxylic acids is 1. The molecule has 4 nitrogen and oxygen atoms in total. The van der Waals surface area contributed by atoms with Crippen molar-refractivity contribution in [3.05, 3.63) is 29.6 Å². The zero-order chi connectivity index (χ0) is 14.3. The topological polar surface area (TPSA) is 57.6 Å². The number of rotatable bonds is 2. The molecule has 0 spiro atoms. The Labute approximate surface area is 116 Å². The van der Waals surface area contributed by atoms with Crippen molar-refractivity contribution in [1.82, 2.24) is 0 Å². The Morgan fingerprint density at radius 2 is 2.00 bits per heavy atom. The lowest BCUT2D eigenvalue weighted by atomic mass is 10.0. The molecule has 5 heteroatoms. The molecule has 1 amide bonds. The molecule has 1 heterocycles. The van der Waals surface area contributed by atoms with E-state index < -0.39 is 11.9 Å². The molecule has 1 aromatic carbocycles. The molecule has 3 rings (SSSR count). The summed E-state index contributed by atoms with van der Waals surface area (Å²) in [5, 5.41) is 9.00. The van der Waals surface area contributed by atoms with Crippen LogP contribution in [0.4, 0.5) is 10.1 Å². The minimum Gasteiger partial charge on any atom is -0.481 e. The summed E-state index contributed by atoms with van der Waals surface area (Å²) < 4.78 is 13.7. The van der Waals surface area contributed by atoms with E-state index in [1.165, 1.54) is 6.07 Å². The van der Waals surface area contributed by atoms with Crippen molar-refractivity contribution in [2.45, 2.75) is 25.7 Å². The van der Waals surface area contributed by atoms with Gasteiger partial charge in [-0.3, -0.25) is 9.59 Å². The van der Waals surface area contributed by atoms with Gasteiger partial charge in [0.1, 0.15) is 5.82 Å². The van der Waals surface area contributed by atoms with Crippen LogP contribution in [0.2, 0.25) is 0 Å². The zero-order valence-corrected chi connectivity index (χ0v) is 11.0. The van der Waals surface area contributed by atoms with E-state index in [4.69, 9.17) is 5.11 Å². The van der Waals surface area contributed by atoms with Crippen molar-refractivity contribution in [1.29, 1.82) is 0 Å². The lowest BCUT2D eigenvalue weighted by molar-refractivity contribution is -0.141. The largest absolute Gasteiger partial charge is 0.481 e. The van der Waals surface area contributed by atoms with Crippen molar-refractivity contribution < 1.29 is 19.1 Å². The first-order valence-corrected chi connectivity index (χ1v) is 6.89. The van der Waals surface area contributed by atoms with Gasteiger partial charge in [-0.25, -0.2) is 4.39 Å². The summed E-state index contributed by atoms with van der Waals surface area (Å²) in [4.78, 5) is 25.1. The minimum absolute atomic E-state index is 0.0573. The molecule has 1 aliphatic heterocycles. The first-order chi connectivity index (χ1) is 9.58. The number of fused-ring (bicyclic) bond motifs is 1. The average Bonchev–Trinajstić information content (AvgIpc) is 3.05. The lowest BCUT2D eigenvalue weighted by Gasteiger charge is -2.21. The van der Waals surface area contributed by atoms with Gasteiger partial charge in [-0.15, -0.1) is 0 Å². The standard InChI is InChI=1S/C15H16FNO3/c16-12-2-1-3-13-11(12)6-7-17(13)14(18)9-4-5-10(8-9)15(19)20/h1-3,9-10H,4-8H2,(H,19,20)/t9-,10+/m0/s1. The molecule has 1 saturated carbocycles. The van der Waals surface area contributed by atoms with Crippen molar-refractivity contribution in [3.63, 3.8) is 0 Å². The highest BCUT2D eigenvalue weighted by atomic mass is 19.1. The van der Waals surface area contributed by atoms with Crippen molar-refractivity contribution >= 4 is 17.6 Å². The van der Waals surface area contributed by atoms with Gasteiger partial charge in [0.25, 0.3) is 0 Å². The molecule has 1 fully saturated rings. The molecular formula is C15H16FNO3. The summed E-state index contributed by atoms with van der Waals surface area (Å²) in [6, 6.07) is 4.77. The molecule has 0 aromatic heterocycles. The number of anilines is 1. The van der Waals surface area contributed by atoms with E-state index in [1.807, 2.05) is 0 Å². The highest BCUT2D eigenvalue weighted by molar-refractivity contribution is 5.97. The Bertz CT molecular complexity index is 572. The van der Waals surface area contributed by atoms with Crippen LogP contribution in [0.1, 0.15) is 24.8 Å². The SMILES string of the molecule is O=C(O)[C@@H]1CC[C@H](C(=O)N2CCc3c(F)cccc32)C1. The van der Waals surface area contributed by atoms with E-state index in [1.54, 1.807) is 17.0 Å². The number of nitrogens with zero attached hydrogens (tertiary/aromatic N) is 1. The van der Waals surface area contributed by atoms with Crippen LogP contribution in [0, 0.1) is 17.7 Å². The number of hydrogen-bond donors (Lipinski definition) is 1. The quantitative estimate of drug-likeness (QED) is 0.901. The van der Waals surface area contributed by atoms with Gasteiger partial charge in [-0.2, -0.15) is 0 Å². The second-order valence-corrected chi connectivity index (χ2v) is 5.52. The van der Waals surface area contributed by atoms with Crippen molar-refractivity contribution in [3.8, 4) is 0 Å². The molecule has 2 aliphatic rings. The molecule has 1 aliphatic carbocycles. The third-order valence-electron chi connectivity index (χ3n) is 4.37. The number of carbonyl (C=O) groups excluding carboxylic acids is 1. The van der Waals surface area contributed by atoms with Gasteiger partial charge < -0.3 is 10.0 Å². The van der Waals surface area contributed by atoms with Gasteiger partial charge in [0.2, 0.25) is 5.91 Å². The fourth-order valence-corrected chi connectivity index (χ4v) is 3.27. The van der Waals surface area contributed by atoms with E-state index >= 15 is 0 Å². The Morgan fingerprint density at radius 3 is 2.70 bits per heavy atom. The van der Waals surface area contributed by atoms with Crippen molar-refractivity contribution in [2.24, 2.45) is 11.8 Å². The summed E-state index contributed by atoms with van der Waals surface area (Å²) in [6.45, 7) is 0.489. The predicted octanol–water partition coefficient (Wildman–Crippen LogP) is 2.22. The van der Waals surface area contributed by atoms with Crippen LogP contribution in [0.3, 0.4) is 0 Å². The van der Waals surface area contributed by atoms with Crippen LogP contribution in [0.5, 0.6) is 0 Å². The number of carbonyl (C=O) groups is 2. The van der Waals surface area contributed by atoms with Crippen LogP contribution in [0.25, 0.3) is 0 Å². The molecule has 0 bridgehead atoms. The van der Waals surface area contributed by atoms with Gasteiger partial charge in [0.15, 0.2) is 0 Å². The number of amides is 1. The molecule has 2 atom stereocenters. The maximum absolute atomic E-state index is 13.7. The smallest absolute Gasteiger partial charge is 0.306 e. The van der Waals surface area contributed by atoms with E-state index in [0.717, 1.165) is 0 Å². The summed E-state index contributed by atoms with van der Waals surface area (Å²) in [5.41, 5.74) is 1.24. The number of halogens is 1. The lowest BCUT2D eigenvalue weighted by Crippen LogP contribution is -2.34. The summed E-state index contributed by atoms with van der Waals surface area (Å²) >= 11 is 0. The van der Waals surface area contributed by atoms with Crippen LogP contribution >= 0.6 is 0 Å². The van der Waals surface area contributed by atoms with Gasteiger partial charge in [0.05, 0.1) is 5.92 Å². The second-order valence-electron chi connectivity index (χ2n) is 5.52. The number of carboxylic acids is 1. The Hall–Kier alpha value is -1.91. The molecule has 106 valence electrons. The third-order valence-corrected chi connectivity index (χ3v) is 4.37. The third kappa shape index (κ3) is 2.07. The van der Waals surface area contributed by atoms with Crippen LogP contribution in [-0.2, 0) is 16.0 Å². The highest BCUT2D eigenvalue weighted by Crippen LogP contribution is 2.36. The Balaban J connectivity index is 1.78. The van der Waals surface area contributed by atoms with E-state index in [9.17, 15) is 14.0 Å². The second kappa shape index (κ2) is 4.89. The predicted molar refractivity (Wildman–Crippen MR) is 70.9 cm³/mol. The molecule has 1 aromatic rings. The van der Waals surface area contributed by atoms with Gasteiger partial charge >= 0.3 is 5.97 Å². The summed E-state index contributed by atoms with van der Waals surface area (Å²) in [5.74, 6) is -1.82. The molecule has 0 saturated heterocycles. The Morgan fingerprint density at radius 1 is 1.25 bits per heavy atom. The first-order valence-electron chi connectivity index (χ1n) is 6.89. The van der Waals surface area contributed by atoms with E-state index in [2.05, 4.69) is 0 Å². The highest BCUT2D eigenvalue weighted by Gasteiger charge is 2.38. The average molecular weight is 277 g/mol. The van der Waals surface area contributed by atoms with E-state index in [0.29, 0.717) is 43.5 Å². The molecule has 0 radical (unpaired) electrons. The fraction of sp³-hybridized carbons (Fsp3) is 0.467. The monoisotopic (exact) mass is 277 g/mol. The van der Waals surface area contributed by atoms with Crippen LogP contribution in [0.15, 0.2) is 18.2 Å². The van der Waals surface area contributed by atoms with Gasteiger partial charge in [0, 0.05) is 23.7 Å². The maximum atomic E-state index is 13.7. The van der Waals surface area contributed by atoms with E-state index in [-0.39, 0.29) is 17.6 Å². The van der Waals surface area contributed by atoms with Crippen molar-refractivity contribution in [2.75, 3.05) is 11.4 Å². The molecule has 1 N–H and O–H groups in total. The normalized spacial score (nSPS) is 24.8.